The van der Waals surface area contributed by atoms with Crippen LogP contribution in [0.1, 0.15) is 32.8 Å². The molecule has 5 rings (SSSR count). The van der Waals surface area contributed by atoms with Crippen molar-refractivity contribution in [2.24, 2.45) is 0 Å². The van der Waals surface area contributed by atoms with Gasteiger partial charge in [-0.05, 0) is 40.4 Å². The van der Waals surface area contributed by atoms with E-state index in [1.807, 2.05) is 41.3 Å². The second kappa shape index (κ2) is 8.75. The zero-order valence-electron chi connectivity index (χ0n) is 16.1. The summed E-state index contributed by atoms with van der Waals surface area (Å²) < 4.78 is 5.74. The number of hydrogen-bond acceptors (Lipinski definition) is 7. The second-order valence-corrected chi connectivity index (χ2v) is 9.87. The lowest BCUT2D eigenvalue weighted by atomic mass is 9.98. The minimum atomic E-state index is 0.00410. The van der Waals surface area contributed by atoms with Gasteiger partial charge in [-0.1, -0.05) is 48.2 Å². The molecule has 30 heavy (non-hydrogen) atoms. The summed E-state index contributed by atoms with van der Waals surface area (Å²) in [5.74, 6) is 0.945. The van der Waals surface area contributed by atoms with Crippen molar-refractivity contribution in [3.8, 4) is 0 Å². The minimum Gasteiger partial charge on any atom is -0.416 e. The Balaban J connectivity index is 1.26. The van der Waals surface area contributed by atoms with Gasteiger partial charge < -0.3 is 9.32 Å². The van der Waals surface area contributed by atoms with Crippen molar-refractivity contribution < 1.29 is 9.21 Å². The lowest BCUT2D eigenvalue weighted by molar-refractivity contribution is -0.130. The Bertz CT molecular complexity index is 1120. The molecule has 1 aromatic carbocycles. The van der Waals surface area contributed by atoms with Gasteiger partial charge in [0.15, 0.2) is 0 Å². The maximum Gasteiger partial charge on any atom is 0.277 e. The molecule has 8 heteroatoms. The minimum absolute atomic E-state index is 0.00410. The summed E-state index contributed by atoms with van der Waals surface area (Å²) in [6.45, 7) is 0.735. The molecule has 0 radical (unpaired) electrons. The van der Waals surface area contributed by atoms with Crippen LogP contribution in [0.25, 0.3) is 0 Å². The molecule has 1 atom stereocenters. The zero-order valence-corrected chi connectivity index (χ0v) is 18.5. The smallest absolute Gasteiger partial charge is 0.277 e. The van der Waals surface area contributed by atoms with Crippen LogP contribution in [0.3, 0.4) is 0 Å². The molecule has 0 aliphatic carbocycles. The van der Waals surface area contributed by atoms with Gasteiger partial charge in [0.2, 0.25) is 11.8 Å². The average Bonchev–Trinajstić information content (AvgIpc) is 3.53. The number of thioether (sulfide) groups is 1. The van der Waals surface area contributed by atoms with Crippen LogP contribution in [0.2, 0.25) is 0 Å². The highest BCUT2D eigenvalue weighted by atomic mass is 32.2. The van der Waals surface area contributed by atoms with E-state index >= 15 is 0 Å². The number of nitrogens with zero attached hydrogens (tertiary/aromatic N) is 3. The Hall–Kier alpha value is -2.42. The molecule has 5 nitrogen and oxygen atoms in total. The summed E-state index contributed by atoms with van der Waals surface area (Å²) in [7, 11) is 0. The molecular formula is C22H19N3O2S3. The fourth-order valence-electron chi connectivity index (χ4n) is 3.68. The van der Waals surface area contributed by atoms with Crippen LogP contribution in [-0.2, 0) is 17.6 Å². The Morgan fingerprint density at radius 3 is 2.83 bits per heavy atom. The van der Waals surface area contributed by atoms with E-state index < -0.39 is 0 Å². The van der Waals surface area contributed by atoms with Gasteiger partial charge >= 0.3 is 0 Å². The Labute approximate surface area is 186 Å². The van der Waals surface area contributed by atoms with Gasteiger partial charge in [-0.25, -0.2) is 0 Å². The van der Waals surface area contributed by atoms with E-state index in [-0.39, 0.29) is 17.7 Å². The van der Waals surface area contributed by atoms with Gasteiger partial charge in [0.25, 0.3) is 5.22 Å². The molecule has 1 aliphatic rings. The molecule has 0 unspecified atom stereocenters. The third-order valence-electron chi connectivity index (χ3n) is 5.06. The molecule has 0 fully saturated rings. The SMILES string of the molecule is O=C(CSc1nnc(Cc2ccccc2)o1)N1CCc2sccc2[C@@H]1c1cccs1. The summed E-state index contributed by atoms with van der Waals surface area (Å²) in [5, 5.41) is 12.9. The number of amides is 1. The summed E-state index contributed by atoms with van der Waals surface area (Å²) in [6, 6.07) is 16.3. The van der Waals surface area contributed by atoms with Crippen molar-refractivity contribution >= 4 is 40.3 Å². The molecule has 3 aromatic heterocycles. The van der Waals surface area contributed by atoms with Crippen LogP contribution in [-0.4, -0.2) is 33.3 Å². The first kappa shape index (κ1) is 19.5. The van der Waals surface area contributed by atoms with Crippen molar-refractivity contribution in [1.82, 2.24) is 15.1 Å². The van der Waals surface area contributed by atoms with E-state index in [9.17, 15) is 4.79 Å². The summed E-state index contributed by atoms with van der Waals surface area (Å²) in [4.78, 5) is 17.7. The van der Waals surface area contributed by atoms with E-state index in [2.05, 4.69) is 33.1 Å². The van der Waals surface area contributed by atoms with Gasteiger partial charge in [0.1, 0.15) is 0 Å². The third kappa shape index (κ3) is 4.08. The van der Waals surface area contributed by atoms with Crippen LogP contribution in [0.15, 0.2) is 68.9 Å². The first-order valence-electron chi connectivity index (χ1n) is 9.66. The number of carbonyl (C=O) groups is 1. The van der Waals surface area contributed by atoms with Crippen molar-refractivity contribution in [2.45, 2.75) is 24.1 Å². The van der Waals surface area contributed by atoms with Crippen LogP contribution in [0.5, 0.6) is 0 Å². The predicted octanol–water partition coefficient (Wildman–Crippen LogP) is 5.05. The Morgan fingerprint density at radius 1 is 1.10 bits per heavy atom. The molecule has 4 aromatic rings. The molecule has 4 heterocycles. The fraction of sp³-hybridized carbons (Fsp3) is 0.227. The van der Waals surface area contributed by atoms with Gasteiger partial charge in [-0.3, -0.25) is 4.79 Å². The summed E-state index contributed by atoms with van der Waals surface area (Å²) in [5.41, 5.74) is 2.38. The molecule has 1 amide bonds. The largest absolute Gasteiger partial charge is 0.416 e. The van der Waals surface area contributed by atoms with Crippen molar-refractivity contribution in [2.75, 3.05) is 12.3 Å². The van der Waals surface area contributed by atoms with Gasteiger partial charge in [-0.15, -0.1) is 32.9 Å². The molecule has 0 saturated carbocycles. The van der Waals surface area contributed by atoms with Gasteiger partial charge in [0.05, 0.1) is 18.2 Å². The number of rotatable bonds is 6. The lowest BCUT2D eigenvalue weighted by Gasteiger charge is -2.35. The molecule has 152 valence electrons. The van der Waals surface area contributed by atoms with E-state index in [0.717, 1.165) is 18.5 Å². The van der Waals surface area contributed by atoms with Crippen LogP contribution >= 0.6 is 34.4 Å². The molecule has 0 bridgehead atoms. The number of carbonyl (C=O) groups excluding carboxylic acids is 1. The van der Waals surface area contributed by atoms with Crippen LogP contribution < -0.4 is 0 Å². The quantitative estimate of drug-likeness (QED) is 0.382. The van der Waals surface area contributed by atoms with Gasteiger partial charge in [0, 0.05) is 16.3 Å². The maximum absolute atomic E-state index is 13.1. The summed E-state index contributed by atoms with van der Waals surface area (Å²) >= 11 is 4.79. The standard InChI is InChI=1S/C22H19N3O2S3/c26-20(14-30-22-24-23-19(27-22)13-15-5-2-1-3-6-15)25-10-8-17-16(9-12-29-17)21(25)18-7-4-11-28-18/h1-7,9,11-12,21H,8,10,13-14H2/t21-/m1/s1. The molecule has 1 aliphatic heterocycles. The number of aromatic nitrogens is 2. The lowest BCUT2D eigenvalue weighted by Crippen LogP contribution is -2.40. The zero-order chi connectivity index (χ0) is 20.3. The highest BCUT2D eigenvalue weighted by Crippen LogP contribution is 2.39. The Kier molecular flexibility index (Phi) is 5.70. The summed E-state index contributed by atoms with van der Waals surface area (Å²) in [6.07, 6.45) is 1.50. The monoisotopic (exact) mass is 453 g/mol. The first-order valence-corrected chi connectivity index (χ1v) is 12.4. The number of thiophene rings is 2. The number of benzene rings is 1. The molecule has 0 saturated heterocycles. The Morgan fingerprint density at radius 2 is 2.00 bits per heavy atom. The average molecular weight is 454 g/mol. The third-order valence-corrected chi connectivity index (χ3v) is 7.79. The number of fused-ring (bicyclic) bond motifs is 1. The number of hydrogen-bond donors (Lipinski definition) is 0. The van der Waals surface area contributed by atoms with E-state index in [1.54, 1.807) is 22.7 Å². The molecular weight excluding hydrogens is 434 g/mol. The normalized spacial score (nSPS) is 15.9. The molecule has 0 N–H and O–H groups in total. The fourth-order valence-corrected chi connectivity index (χ4v) is 6.11. The van der Waals surface area contributed by atoms with Crippen LogP contribution in [0, 0.1) is 0 Å². The topological polar surface area (TPSA) is 59.2 Å². The maximum atomic E-state index is 13.1. The first-order chi connectivity index (χ1) is 14.8. The molecule has 0 spiro atoms. The van der Waals surface area contributed by atoms with Crippen molar-refractivity contribution in [1.29, 1.82) is 0 Å². The van der Waals surface area contributed by atoms with Crippen LogP contribution in [0.4, 0.5) is 0 Å². The predicted molar refractivity (Wildman–Crippen MR) is 120 cm³/mol. The van der Waals surface area contributed by atoms with Crippen molar-refractivity contribution in [3.63, 3.8) is 0 Å². The highest BCUT2D eigenvalue weighted by Gasteiger charge is 2.33. The van der Waals surface area contributed by atoms with Crippen molar-refractivity contribution in [3.05, 3.63) is 86.1 Å². The van der Waals surface area contributed by atoms with Gasteiger partial charge in [-0.2, -0.15) is 0 Å². The second-order valence-electron chi connectivity index (χ2n) is 6.97. The van der Waals surface area contributed by atoms with E-state index in [0.29, 0.717) is 17.5 Å². The van der Waals surface area contributed by atoms with E-state index in [4.69, 9.17) is 4.42 Å². The highest BCUT2D eigenvalue weighted by molar-refractivity contribution is 7.99. The van der Waals surface area contributed by atoms with E-state index in [1.165, 1.54) is 27.1 Å².